The van der Waals surface area contributed by atoms with Crippen LogP contribution in [-0.4, -0.2) is 34.3 Å². The van der Waals surface area contributed by atoms with Crippen LogP contribution in [0.3, 0.4) is 0 Å². The van der Waals surface area contributed by atoms with E-state index in [1.54, 1.807) is 13.0 Å². The zero-order chi connectivity index (χ0) is 16.1. The number of aryl methyl sites for hydroxylation is 1. The van der Waals surface area contributed by atoms with Crippen LogP contribution in [0, 0.1) is 6.92 Å². The maximum absolute atomic E-state index is 12.5. The minimum Gasteiger partial charge on any atom is -0.309 e. The third kappa shape index (κ3) is 2.74. The Labute approximate surface area is 130 Å². The second-order valence-corrected chi connectivity index (χ2v) is 9.49. The van der Waals surface area contributed by atoms with Crippen molar-refractivity contribution in [3.63, 3.8) is 0 Å². The summed E-state index contributed by atoms with van der Waals surface area (Å²) >= 11 is 0. The topological polar surface area (TPSA) is 89.0 Å². The minimum atomic E-state index is -3.46. The van der Waals surface area contributed by atoms with Gasteiger partial charge in [0.2, 0.25) is 5.91 Å². The van der Waals surface area contributed by atoms with Crippen LogP contribution in [0.25, 0.3) is 0 Å². The summed E-state index contributed by atoms with van der Waals surface area (Å²) in [7, 11) is -3.46. The lowest BCUT2D eigenvalue weighted by Crippen LogP contribution is -2.46. The maximum Gasteiger partial charge on any atom is 0.246 e. The minimum absolute atomic E-state index is 0.373. The average molecular weight is 323 g/mol. The number of anilines is 1. The summed E-state index contributed by atoms with van der Waals surface area (Å²) < 4.78 is 23.4. The standard InChI is InChI=1S/C15H21N3O3S/c1-9-16-12(10-4-5-10)8-13(17-9)18-14(19)15(2,3)22(20,21)11-6-7-11/h8,10-11H,4-7H2,1-3H3,(H,16,17,18,19). The molecule has 2 fully saturated rings. The Bertz CT molecular complexity index is 720. The van der Waals surface area contributed by atoms with Gasteiger partial charge in [0.1, 0.15) is 16.4 Å². The lowest BCUT2D eigenvalue weighted by atomic mass is 10.2. The lowest BCUT2D eigenvalue weighted by Gasteiger charge is -2.23. The second kappa shape index (κ2) is 5.01. The molecule has 1 amide bonds. The Morgan fingerprint density at radius 1 is 1.23 bits per heavy atom. The highest BCUT2D eigenvalue weighted by Crippen LogP contribution is 2.40. The van der Waals surface area contributed by atoms with E-state index in [1.165, 1.54) is 13.8 Å². The van der Waals surface area contributed by atoms with Crippen molar-refractivity contribution in [3.8, 4) is 0 Å². The highest BCUT2D eigenvalue weighted by molar-refractivity contribution is 7.94. The maximum atomic E-state index is 12.5. The number of hydrogen-bond donors (Lipinski definition) is 1. The van der Waals surface area contributed by atoms with Crippen LogP contribution in [0.15, 0.2) is 6.07 Å². The SMILES string of the molecule is Cc1nc(NC(=O)C(C)(C)S(=O)(=O)C2CC2)cc(C2CC2)n1. The number of aromatic nitrogens is 2. The van der Waals surface area contributed by atoms with Crippen molar-refractivity contribution in [3.05, 3.63) is 17.6 Å². The zero-order valence-corrected chi connectivity index (χ0v) is 13.9. The summed E-state index contributed by atoms with van der Waals surface area (Å²) in [5.41, 5.74) is 0.922. The van der Waals surface area contributed by atoms with Crippen LogP contribution < -0.4 is 5.32 Å². The van der Waals surface area contributed by atoms with E-state index < -0.39 is 20.5 Å². The van der Waals surface area contributed by atoms with Crippen molar-refractivity contribution >= 4 is 21.6 Å². The summed E-state index contributed by atoms with van der Waals surface area (Å²) in [5, 5.41) is 2.29. The van der Waals surface area contributed by atoms with Gasteiger partial charge in [-0.05, 0) is 46.5 Å². The number of carbonyl (C=O) groups excluding carboxylic acids is 1. The highest BCUT2D eigenvalue weighted by Gasteiger charge is 2.50. The molecule has 1 heterocycles. The van der Waals surface area contributed by atoms with Gasteiger partial charge in [-0.1, -0.05) is 0 Å². The molecule has 0 spiro atoms. The molecule has 1 N–H and O–H groups in total. The van der Waals surface area contributed by atoms with E-state index in [4.69, 9.17) is 0 Å². The van der Waals surface area contributed by atoms with Crippen LogP contribution in [0.5, 0.6) is 0 Å². The van der Waals surface area contributed by atoms with Gasteiger partial charge in [0.25, 0.3) is 0 Å². The van der Waals surface area contributed by atoms with Gasteiger partial charge in [-0.15, -0.1) is 0 Å². The molecule has 0 atom stereocenters. The van der Waals surface area contributed by atoms with Gasteiger partial charge in [0.15, 0.2) is 9.84 Å². The van der Waals surface area contributed by atoms with Crippen LogP contribution in [0.1, 0.15) is 57.0 Å². The number of rotatable bonds is 5. The molecule has 3 rings (SSSR count). The van der Waals surface area contributed by atoms with E-state index in [0.717, 1.165) is 18.5 Å². The van der Waals surface area contributed by atoms with E-state index in [0.29, 0.717) is 30.4 Å². The molecule has 1 aromatic rings. The molecule has 2 aliphatic rings. The smallest absolute Gasteiger partial charge is 0.246 e. The third-order valence-corrected chi connectivity index (χ3v) is 7.27. The Morgan fingerprint density at radius 3 is 2.41 bits per heavy atom. The van der Waals surface area contributed by atoms with Gasteiger partial charge >= 0.3 is 0 Å². The van der Waals surface area contributed by atoms with Crippen molar-refractivity contribution in [1.82, 2.24) is 9.97 Å². The summed E-state index contributed by atoms with van der Waals surface area (Å²) in [4.78, 5) is 21.0. The predicted molar refractivity (Wildman–Crippen MR) is 83.4 cm³/mol. The van der Waals surface area contributed by atoms with Gasteiger partial charge in [-0.25, -0.2) is 18.4 Å². The molecule has 0 bridgehead atoms. The number of sulfone groups is 1. The molecule has 1 aromatic heterocycles. The fourth-order valence-electron chi connectivity index (χ4n) is 2.43. The van der Waals surface area contributed by atoms with E-state index in [1.807, 2.05) is 0 Å². The van der Waals surface area contributed by atoms with Gasteiger partial charge in [-0.2, -0.15) is 0 Å². The van der Waals surface area contributed by atoms with Crippen molar-refractivity contribution in [2.45, 2.75) is 62.4 Å². The Kier molecular flexibility index (Phi) is 3.51. The van der Waals surface area contributed by atoms with Crippen molar-refractivity contribution in [1.29, 1.82) is 0 Å². The van der Waals surface area contributed by atoms with Crippen LogP contribution >= 0.6 is 0 Å². The Balaban J connectivity index is 1.81. The molecule has 0 saturated heterocycles. The molecular weight excluding hydrogens is 302 g/mol. The van der Waals surface area contributed by atoms with Crippen LogP contribution in [-0.2, 0) is 14.6 Å². The van der Waals surface area contributed by atoms with E-state index in [9.17, 15) is 13.2 Å². The molecule has 2 aliphatic carbocycles. The normalized spacial score (nSPS) is 19.0. The fraction of sp³-hybridized carbons (Fsp3) is 0.667. The summed E-state index contributed by atoms with van der Waals surface area (Å²) in [6.45, 7) is 4.70. The molecular formula is C15H21N3O3S. The number of hydrogen-bond acceptors (Lipinski definition) is 5. The monoisotopic (exact) mass is 323 g/mol. The first-order valence-corrected chi connectivity index (χ1v) is 9.17. The molecule has 2 saturated carbocycles. The summed E-state index contributed by atoms with van der Waals surface area (Å²) in [5.74, 6) is 0.890. The van der Waals surface area contributed by atoms with E-state index >= 15 is 0 Å². The van der Waals surface area contributed by atoms with Crippen molar-refractivity contribution < 1.29 is 13.2 Å². The second-order valence-electron chi connectivity index (χ2n) is 6.71. The number of nitrogens with one attached hydrogen (secondary N) is 1. The number of amides is 1. The molecule has 22 heavy (non-hydrogen) atoms. The first-order chi connectivity index (χ1) is 10.2. The van der Waals surface area contributed by atoms with Gasteiger partial charge in [0, 0.05) is 17.7 Å². The molecule has 120 valence electrons. The summed E-state index contributed by atoms with van der Waals surface area (Å²) in [6, 6.07) is 1.75. The van der Waals surface area contributed by atoms with Crippen molar-refractivity contribution in [2.24, 2.45) is 0 Å². The van der Waals surface area contributed by atoms with Gasteiger partial charge in [0.05, 0.1) is 5.25 Å². The fourth-order valence-corrected chi connectivity index (χ4v) is 4.33. The Hall–Kier alpha value is -1.50. The average Bonchev–Trinajstić information content (AvgIpc) is 3.29. The Morgan fingerprint density at radius 2 is 1.86 bits per heavy atom. The zero-order valence-electron chi connectivity index (χ0n) is 13.1. The van der Waals surface area contributed by atoms with E-state index in [2.05, 4.69) is 15.3 Å². The molecule has 0 aromatic carbocycles. The largest absolute Gasteiger partial charge is 0.309 e. The van der Waals surface area contributed by atoms with Gasteiger partial charge < -0.3 is 5.32 Å². The van der Waals surface area contributed by atoms with Crippen molar-refractivity contribution in [2.75, 3.05) is 5.32 Å². The van der Waals surface area contributed by atoms with E-state index in [-0.39, 0.29) is 5.25 Å². The third-order valence-electron chi connectivity index (χ3n) is 4.32. The molecule has 7 heteroatoms. The number of carbonyl (C=O) groups is 1. The molecule has 0 unspecified atom stereocenters. The molecule has 6 nitrogen and oxygen atoms in total. The molecule has 0 aliphatic heterocycles. The highest BCUT2D eigenvalue weighted by atomic mass is 32.2. The summed E-state index contributed by atoms with van der Waals surface area (Å²) in [6.07, 6.45) is 3.51. The van der Waals surface area contributed by atoms with Crippen LogP contribution in [0.4, 0.5) is 5.82 Å². The lowest BCUT2D eigenvalue weighted by molar-refractivity contribution is -0.117. The first kappa shape index (κ1) is 15.4. The quantitative estimate of drug-likeness (QED) is 0.894. The van der Waals surface area contributed by atoms with Crippen LogP contribution in [0.2, 0.25) is 0 Å². The number of nitrogens with zero attached hydrogens (tertiary/aromatic N) is 2. The predicted octanol–water partition coefficient (Wildman–Crippen LogP) is 1.96. The first-order valence-electron chi connectivity index (χ1n) is 7.62. The molecule has 0 radical (unpaired) electrons. The van der Waals surface area contributed by atoms with Gasteiger partial charge in [-0.3, -0.25) is 4.79 Å².